The number of hydrogen-bond donors (Lipinski definition) is 2. The first kappa shape index (κ1) is 13.1. The van der Waals surface area contributed by atoms with Gasteiger partial charge in [-0.05, 0) is 45.6 Å². The molecular weight excluding hydrogens is 222 g/mol. The van der Waals surface area contributed by atoms with Crippen molar-refractivity contribution in [3.8, 4) is 0 Å². The fraction of sp³-hybridized carbons (Fsp3) is 0.500. The Bertz CT molecular complexity index is 326. The molecule has 90 valence electrons. The molecule has 3 nitrogen and oxygen atoms in total. The lowest BCUT2D eigenvalue weighted by molar-refractivity contribution is 0.396. The van der Waals surface area contributed by atoms with Crippen LogP contribution in [0.5, 0.6) is 0 Å². The lowest BCUT2D eigenvalue weighted by Gasteiger charge is -2.11. The van der Waals surface area contributed by atoms with Crippen LogP contribution in [0.4, 0.5) is 11.4 Å². The summed E-state index contributed by atoms with van der Waals surface area (Å²) in [5, 5.41) is 3.91. The number of anilines is 2. The van der Waals surface area contributed by atoms with Crippen molar-refractivity contribution >= 4 is 23.0 Å². The van der Waals surface area contributed by atoms with Gasteiger partial charge in [-0.2, -0.15) is 0 Å². The molecule has 1 aromatic rings. The summed E-state index contributed by atoms with van der Waals surface area (Å²) in [4.78, 5) is 2.19. The van der Waals surface area contributed by atoms with Crippen molar-refractivity contribution in [2.45, 2.75) is 12.8 Å². The molecule has 4 heteroatoms. The fourth-order valence-electron chi connectivity index (χ4n) is 1.47. The van der Waals surface area contributed by atoms with Gasteiger partial charge in [-0.25, -0.2) is 0 Å². The van der Waals surface area contributed by atoms with E-state index in [-0.39, 0.29) is 0 Å². The van der Waals surface area contributed by atoms with Gasteiger partial charge in [0.05, 0.1) is 16.4 Å². The lowest BCUT2D eigenvalue weighted by Crippen LogP contribution is -2.14. The second-order valence-electron chi connectivity index (χ2n) is 4.14. The molecule has 0 radical (unpaired) electrons. The first-order chi connectivity index (χ1) is 7.61. The maximum atomic E-state index is 5.92. The highest BCUT2D eigenvalue weighted by Crippen LogP contribution is 2.26. The first-order valence-electron chi connectivity index (χ1n) is 5.54. The Labute approximate surface area is 103 Å². The van der Waals surface area contributed by atoms with Crippen LogP contribution in [0.25, 0.3) is 0 Å². The topological polar surface area (TPSA) is 41.3 Å². The second-order valence-corrected chi connectivity index (χ2v) is 4.55. The van der Waals surface area contributed by atoms with Crippen LogP contribution in [0, 0.1) is 0 Å². The Morgan fingerprint density at radius 3 is 2.75 bits per heavy atom. The molecule has 0 aliphatic heterocycles. The van der Waals surface area contributed by atoms with Gasteiger partial charge in [0.25, 0.3) is 0 Å². The number of nitrogen functional groups attached to an aromatic ring is 1. The van der Waals surface area contributed by atoms with Crippen molar-refractivity contribution in [1.29, 1.82) is 0 Å². The van der Waals surface area contributed by atoms with Crippen LogP contribution < -0.4 is 11.1 Å². The normalized spacial score (nSPS) is 10.8. The van der Waals surface area contributed by atoms with Gasteiger partial charge in [0, 0.05) is 6.54 Å². The van der Waals surface area contributed by atoms with Crippen molar-refractivity contribution in [3.63, 3.8) is 0 Å². The number of para-hydroxylation sites is 1. The van der Waals surface area contributed by atoms with Gasteiger partial charge in [0.1, 0.15) is 0 Å². The average molecular weight is 242 g/mol. The summed E-state index contributed by atoms with van der Waals surface area (Å²) >= 11 is 5.92. The molecule has 0 aliphatic rings. The lowest BCUT2D eigenvalue weighted by atomic mass is 10.2. The van der Waals surface area contributed by atoms with E-state index in [0.29, 0.717) is 10.7 Å². The van der Waals surface area contributed by atoms with Crippen molar-refractivity contribution in [3.05, 3.63) is 23.2 Å². The van der Waals surface area contributed by atoms with E-state index < -0.39 is 0 Å². The van der Waals surface area contributed by atoms with Crippen molar-refractivity contribution in [2.75, 3.05) is 38.2 Å². The fourth-order valence-corrected chi connectivity index (χ4v) is 1.64. The smallest absolute Gasteiger partial charge is 0.0739 e. The molecule has 0 heterocycles. The molecule has 1 rings (SSSR count). The number of nitrogens with one attached hydrogen (secondary N) is 1. The number of hydrogen-bond acceptors (Lipinski definition) is 3. The van der Waals surface area contributed by atoms with Crippen molar-refractivity contribution in [1.82, 2.24) is 4.90 Å². The minimum Gasteiger partial charge on any atom is -0.396 e. The Hall–Kier alpha value is -0.930. The highest BCUT2D eigenvalue weighted by Gasteiger charge is 2.01. The van der Waals surface area contributed by atoms with Crippen LogP contribution in [0.15, 0.2) is 18.2 Å². The number of nitrogens with two attached hydrogens (primary N) is 1. The van der Waals surface area contributed by atoms with Crippen molar-refractivity contribution in [2.24, 2.45) is 0 Å². The predicted octanol–water partition coefficient (Wildman–Crippen LogP) is 2.68. The van der Waals surface area contributed by atoms with Crippen molar-refractivity contribution < 1.29 is 0 Å². The number of nitrogens with zero attached hydrogens (tertiary/aromatic N) is 1. The molecular formula is C12H20ClN3. The van der Waals surface area contributed by atoms with E-state index in [1.54, 1.807) is 6.07 Å². The quantitative estimate of drug-likeness (QED) is 0.594. The third-order valence-electron chi connectivity index (χ3n) is 2.40. The van der Waals surface area contributed by atoms with Crippen LogP contribution >= 0.6 is 11.6 Å². The van der Waals surface area contributed by atoms with Crippen LogP contribution in [-0.2, 0) is 0 Å². The van der Waals surface area contributed by atoms with Gasteiger partial charge < -0.3 is 16.0 Å². The average Bonchev–Trinajstić information content (AvgIpc) is 2.23. The Morgan fingerprint density at radius 2 is 2.06 bits per heavy atom. The van der Waals surface area contributed by atoms with Gasteiger partial charge in [0.15, 0.2) is 0 Å². The number of unbranched alkanes of at least 4 members (excludes halogenated alkanes) is 1. The molecule has 0 atom stereocenters. The summed E-state index contributed by atoms with van der Waals surface area (Å²) in [7, 11) is 4.17. The van der Waals surface area contributed by atoms with Crippen LogP contribution in [0.3, 0.4) is 0 Å². The summed E-state index contributed by atoms with van der Waals surface area (Å²) < 4.78 is 0. The zero-order chi connectivity index (χ0) is 12.0. The Morgan fingerprint density at radius 1 is 1.31 bits per heavy atom. The molecule has 0 spiro atoms. The van der Waals surface area contributed by atoms with E-state index >= 15 is 0 Å². The molecule has 3 N–H and O–H groups in total. The van der Waals surface area contributed by atoms with Gasteiger partial charge in [-0.15, -0.1) is 0 Å². The SMILES string of the molecule is CN(C)CCCCNc1cccc(Cl)c1N. The summed E-state index contributed by atoms with van der Waals surface area (Å²) in [5.74, 6) is 0. The van der Waals surface area contributed by atoms with Gasteiger partial charge in [-0.3, -0.25) is 0 Å². The zero-order valence-electron chi connectivity index (χ0n) is 9.96. The molecule has 0 amide bonds. The molecule has 0 saturated carbocycles. The van der Waals surface area contributed by atoms with E-state index in [0.717, 1.165) is 25.2 Å². The Balaban J connectivity index is 2.29. The predicted molar refractivity (Wildman–Crippen MR) is 72.1 cm³/mol. The van der Waals surface area contributed by atoms with Crippen LogP contribution in [0.2, 0.25) is 5.02 Å². The summed E-state index contributed by atoms with van der Waals surface area (Å²) in [6.07, 6.45) is 2.31. The molecule has 0 unspecified atom stereocenters. The summed E-state index contributed by atoms with van der Waals surface area (Å²) in [6.45, 7) is 2.05. The van der Waals surface area contributed by atoms with E-state index in [9.17, 15) is 0 Å². The molecule has 0 bridgehead atoms. The maximum Gasteiger partial charge on any atom is 0.0739 e. The molecule has 0 aliphatic carbocycles. The van der Waals surface area contributed by atoms with E-state index in [1.807, 2.05) is 12.1 Å². The molecule has 0 fully saturated rings. The Kier molecular flexibility index (Phi) is 5.43. The van der Waals surface area contributed by atoms with Gasteiger partial charge in [0.2, 0.25) is 0 Å². The van der Waals surface area contributed by atoms with Crippen LogP contribution in [0.1, 0.15) is 12.8 Å². The van der Waals surface area contributed by atoms with Gasteiger partial charge >= 0.3 is 0 Å². The van der Waals surface area contributed by atoms with Gasteiger partial charge in [-0.1, -0.05) is 17.7 Å². The van der Waals surface area contributed by atoms with E-state index in [4.69, 9.17) is 17.3 Å². The monoisotopic (exact) mass is 241 g/mol. The number of benzene rings is 1. The molecule has 1 aromatic carbocycles. The third kappa shape index (κ3) is 4.29. The van der Waals surface area contributed by atoms with E-state index in [2.05, 4.69) is 24.3 Å². The number of rotatable bonds is 6. The minimum absolute atomic E-state index is 0.610. The maximum absolute atomic E-state index is 5.92. The number of halogens is 1. The summed E-state index contributed by atoms with van der Waals surface area (Å²) in [6, 6.07) is 5.65. The van der Waals surface area contributed by atoms with Crippen LogP contribution in [-0.4, -0.2) is 32.1 Å². The first-order valence-corrected chi connectivity index (χ1v) is 5.91. The third-order valence-corrected chi connectivity index (χ3v) is 2.73. The zero-order valence-corrected chi connectivity index (χ0v) is 10.7. The molecule has 0 saturated heterocycles. The summed E-state index contributed by atoms with van der Waals surface area (Å²) in [5.41, 5.74) is 7.41. The largest absolute Gasteiger partial charge is 0.396 e. The minimum atomic E-state index is 0.610. The van der Waals surface area contributed by atoms with E-state index in [1.165, 1.54) is 6.42 Å². The second kappa shape index (κ2) is 6.61. The molecule has 0 aromatic heterocycles. The highest BCUT2D eigenvalue weighted by molar-refractivity contribution is 6.33. The standard InChI is InChI=1S/C12H20ClN3/c1-16(2)9-4-3-8-15-11-7-5-6-10(13)12(11)14/h5-7,15H,3-4,8-9,14H2,1-2H3. The molecule has 16 heavy (non-hydrogen) atoms. The highest BCUT2D eigenvalue weighted by atomic mass is 35.5.